The van der Waals surface area contributed by atoms with Crippen LogP contribution in [0.5, 0.6) is 0 Å². The van der Waals surface area contributed by atoms with E-state index in [1.54, 1.807) is 6.07 Å². The minimum Gasteiger partial charge on any atom is -0.416 e. The van der Waals surface area contributed by atoms with Crippen LogP contribution in [-0.4, -0.2) is 19.9 Å². The van der Waals surface area contributed by atoms with Gasteiger partial charge < -0.3 is 9.41 Å². The third kappa shape index (κ3) is 3.30. The highest BCUT2D eigenvalue weighted by molar-refractivity contribution is 6.74. The van der Waals surface area contributed by atoms with Crippen LogP contribution in [0.3, 0.4) is 0 Å². The number of aromatic nitrogens is 1. The summed E-state index contributed by atoms with van der Waals surface area (Å²) in [5.41, 5.74) is 1.96. The van der Waals surface area contributed by atoms with Crippen molar-refractivity contribution in [2.75, 3.05) is 6.61 Å². The number of nitrogens with one attached hydrogen (secondary N) is 1. The second kappa shape index (κ2) is 5.33. The maximum absolute atomic E-state index is 13.1. The Morgan fingerprint density at radius 2 is 1.90 bits per heavy atom. The summed E-state index contributed by atoms with van der Waals surface area (Å²) in [5.74, 6) is -0.205. The van der Waals surface area contributed by atoms with E-state index in [0.717, 1.165) is 23.0 Å². The number of halogens is 1. The maximum atomic E-state index is 13.1. The van der Waals surface area contributed by atoms with Gasteiger partial charge in [0.15, 0.2) is 8.32 Å². The minimum absolute atomic E-state index is 0.205. The van der Waals surface area contributed by atoms with Gasteiger partial charge in [-0.15, -0.1) is 0 Å². The predicted octanol–water partition coefficient (Wildman–Crippen LogP) is 4.87. The zero-order valence-corrected chi connectivity index (χ0v) is 14.0. The van der Waals surface area contributed by atoms with Crippen molar-refractivity contribution in [2.24, 2.45) is 0 Å². The van der Waals surface area contributed by atoms with E-state index in [0.29, 0.717) is 6.61 Å². The molecule has 20 heavy (non-hydrogen) atoms. The average Bonchev–Trinajstić information content (AvgIpc) is 2.68. The van der Waals surface area contributed by atoms with E-state index >= 15 is 0 Å². The van der Waals surface area contributed by atoms with Gasteiger partial charge in [0.05, 0.1) is 0 Å². The molecule has 0 saturated carbocycles. The summed E-state index contributed by atoms with van der Waals surface area (Å²) in [6.45, 7) is 12.0. The Hall–Kier alpha value is -1.13. The molecule has 0 fully saturated rings. The third-order valence-corrected chi connectivity index (χ3v) is 8.82. The van der Waals surface area contributed by atoms with Crippen LogP contribution in [0.25, 0.3) is 10.9 Å². The highest BCUT2D eigenvalue weighted by atomic mass is 28.4. The van der Waals surface area contributed by atoms with Crippen molar-refractivity contribution in [3.8, 4) is 0 Å². The molecule has 0 saturated heterocycles. The van der Waals surface area contributed by atoms with E-state index in [1.807, 2.05) is 0 Å². The normalized spacial score (nSPS) is 13.1. The van der Waals surface area contributed by atoms with Crippen LogP contribution in [0.2, 0.25) is 18.1 Å². The van der Waals surface area contributed by atoms with E-state index < -0.39 is 8.32 Å². The molecule has 4 heteroatoms. The molecule has 0 atom stereocenters. The Bertz CT molecular complexity index is 598. The molecule has 2 rings (SSSR count). The molecule has 0 spiro atoms. The first-order valence-corrected chi connectivity index (χ1v) is 10.0. The highest BCUT2D eigenvalue weighted by Crippen LogP contribution is 2.36. The lowest BCUT2D eigenvalue weighted by Gasteiger charge is -2.36. The fourth-order valence-corrected chi connectivity index (χ4v) is 2.97. The molecule has 0 aliphatic heterocycles. The van der Waals surface area contributed by atoms with E-state index in [1.165, 1.54) is 12.1 Å². The summed E-state index contributed by atoms with van der Waals surface area (Å²) < 4.78 is 19.3. The quantitative estimate of drug-likeness (QED) is 0.799. The molecule has 0 amide bonds. The number of hydrogen-bond donors (Lipinski definition) is 1. The van der Waals surface area contributed by atoms with Gasteiger partial charge in [0.25, 0.3) is 0 Å². The highest BCUT2D eigenvalue weighted by Gasteiger charge is 2.36. The fraction of sp³-hybridized carbons (Fsp3) is 0.500. The summed E-state index contributed by atoms with van der Waals surface area (Å²) in [7, 11) is -1.68. The molecule has 1 heterocycles. The van der Waals surface area contributed by atoms with E-state index in [4.69, 9.17) is 4.43 Å². The molecule has 1 aromatic heterocycles. The molecule has 1 aromatic carbocycles. The summed E-state index contributed by atoms with van der Waals surface area (Å²) in [5, 5.41) is 1.28. The molecular weight excluding hydrogens is 269 g/mol. The van der Waals surface area contributed by atoms with Crippen LogP contribution in [0.1, 0.15) is 26.5 Å². The first-order valence-electron chi connectivity index (χ1n) is 7.10. The van der Waals surface area contributed by atoms with Gasteiger partial charge >= 0.3 is 0 Å². The standard InChI is InChI=1S/C16H24FNOSi/c1-16(2,3)20(4,5)19-9-8-14-10-12-6-7-13(17)11-15(12)18-14/h6-7,10-11,18H,8-9H2,1-5H3. The third-order valence-electron chi connectivity index (χ3n) is 4.28. The second-order valence-electron chi connectivity index (χ2n) is 6.88. The van der Waals surface area contributed by atoms with Crippen LogP contribution in [-0.2, 0) is 10.8 Å². The first kappa shape index (κ1) is 15.3. The number of H-pyrrole nitrogens is 1. The minimum atomic E-state index is -1.68. The van der Waals surface area contributed by atoms with Crippen LogP contribution in [0.4, 0.5) is 4.39 Å². The van der Waals surface area contributed by atoms with Crippen molar-refractivity contribution < 1.29 is 8.82 Å². The van der Waals surface area contributed by atoms with Crippen LogP contribution < -0.4 is 0 Å². The smallest absolute Gasteiger partial charge is 0.191 e. The molecule has 0 aliphatic carbocycles. The van der Waals surface area contributed by atoms with Gasteiger partial charge in [-0.25, -0.2) is 4.39 Å². The Morgan fingerprint density at radius 1 is 1.20 bits per heavy atom. The molecule has 0 aliphatic rings. The molecule has 0 bridgehead atoms. The van der Waals surface area contributed by atoms with Gasteiger partial charge in [0, 0.05) is 24.2 Å². The van der Waals surface area contributed by atoms with E-state index in [2.05, 4.69) is 44.9 Å². The van der Waals surface area contributed by atoms with Gasteiger partial charge in [0.2, 0.25) is 0 Å². The Balaban J connectivity index is 2.00. The number of aromatic amines is 1. The number of benzene rings is 1. The molecule has 2 nitrogen and oxygen atoms in total. The number of fused-ring (bicyclic) bond motifs is 1. The topological polar surface area (TPSA) is 25.0 Å². The second-order valence-corrected chi connectivity index (χ2v) is 11.7. The monoisotopic (exact) mass is 293 g/mol. The van der Waals surface area contributed by atoms with E-state index in [-0.39, 0.29) is 10.9 Å². The Labute approximate surface area is 121 Å². The van der Waals surface area contributed by atoms with Gasteiger partial charge in [-0.3, -0.25) is 0 Å². The first-order chi connectivity index (χ1) is 9.19. The lowest BCUT2D eigenvalue weighted by Crippen LogP contribution is -2.41. The summed E-state index contributed by atoms with van der Waals surface area (Å²) in [6.07, 6.45) is 0.836. The molecular formula is C16H24FNOSi. The number of rotatable bonds is 4. The summed E-state index contributed by atoms with van der Waals surface area (Å²) >= 11 is 0. The average molecular weight is 293 g/mol. The lowest BCUT2D eigenvalue weighted by atomic mass is 10.2. The molecule has 0 radical (unpaired) electrons. The van der Waals surface area contributed by atoms with Crippen LogP contribution in [0, 0.1) is 5.82 Å². The largest absolute Gasteiger partial charge is 0.416 e. The van der Waals surface area contributed by atoms with Crippen molar-refractivity contribution in [1.82, 2.24) is 4.98 Å². The van der Waals surface area contributed by atoms with Crippen LogP contribution in [0.15, 0.2) is 24.3 Å². The zero-order chi connectivity index (χ0) is 15.0. The molecule has 1 N–H and O–H groups in total. The Morgan fingerprint density at radius 3 is 2.55 bits per heavy atom. The predicted molar refractivity (Wildman–Crippen MR) is 85.1 cm³/mol. The van der Waals surface area contributed by atoms with Crippen molar-refractivity contribution in [3.05, 3.63) is 35.8 Å². The maximum Gasteiger partial charge on any atom is 0.191 e. The van der Waals surface area contributed by atoms with Crippen molar-refractivity contribution in [3.63, 3.8) is 0 Å². The fourth-order valence-electron chi connectivity index (χ4n) is 1.93. The molecule has 110 valence electrons. The van der Waals surface area contributed by atoms with Crippen molar-refractivity contribution in [2.45, 2.75) is 45.3 Å². The van der Waals surface area contributed by atoms with Gasteiger partial charge in [0.1, 0.15) is 5.82 Å². The number of hydrogen-bond acceptors (Lipinski definition) is 1. The van der Waals surface area contributed by atoms with Gasteiger partial charge in [-0.2, -0.15) is 0 Å². The van der Waals surface area contributed by atoms with Crippen molar-refractivity contribution >= 4 is 19.2 Å². The van der Waals surface area contributed by atoms with Gasteiger partial charge in [-0.1, -0.05) is 20.8 Å². The zero-order valence-electron chi connectivity index (χ0n) is 13.0. The molecule has 2 aromatic rings. The van der Waals surface area contributed by atoms with E-state index in [9.17, 15) is 4.39 Å². The van der Waals surface area contributed by atoms with Gasteiger partial charge in [-0.05, 0) is 47.8 Å². The summed E-state index contributed by atoms with van der Waals surface area (Å²) in [6, 6.07) is 6.91. The SMILES string of the molecule is CC(C)(C)[Si](C)(C)OCCc1cc2ccc(F)cc2[nH]1. The molecule has 0 unspecified atom stereocenters. The lowest BCUT2D eigenvalue weighted by molar-refractivity contribution is 0.291. The van der Waals surface area contributed by atoms with Crippen molar-refractivity contribution in [1.29, 1.82) is 0 Å². The summed E-state index contributed by atoms with van der Waals surface area (Å²) in [4.78, 5) is 3.26. The Kier molecular flexibility index (Phi) is 4.07. The van der Waals surface area contributed by atoms with Crippen LogP contribution >= 0.6 is 0 Å².